The molecule has 0 radical (unpaired) electrons. The Bertz CT molecular complexity index is 903. The van der Waals surface area contributed by atoms with Gasteiger partial charge in [0.15, 0.2) is 11.3 Å². The molecule has 0 amide bonds. The van der Waals surface area contributed by atoms with Gasteiger partial charge in [-0.2, -0.15) is 5.10 Å². The summed E-state index contributed by atoms with van der Waals surface area (Å²) in [7, 11) is 0. The Hall–Kier alpha value is -3.29. The molecule has 0 spiro atoms. The van der Waals surface area contributed by atoms with E-state index < -0.39 is 10.9 Å². The summed E-state index contributed by atoms with van der Waals surface area (Å²) in [6, 6.07) is 9.35. The fourth-order valence-corrected chi connectivity index (χ4v) is 2.22. The number of nitro groups is 1. The molecule has 0 aliphatic carbocycles. The largest absolute Gasteiger partial charge is 0.461 e. The van der Waals surface area contributed by atoms with Crippen LogP contribution in [0.3, 0.4) is 0 Å². The van der Waals surface area contributed by atoms with Crippen molar-refractivity contribution in [1.29, 1.82) is 0 Å². The second-order valence-electron chi connectivity index (χ2n) is 4.63. The number of esters is 1. The maximum Gasteiger partial charge on any atom is 0.359 e. The molecule has 0 saturated carbocycles. The van der Waals surface area contributed by atoms with E-state index in [1.807, 2.05) is 0 Å². The standard InChI is InChI=1S/C15H12N4O4/c1-2-23-15(20)13-12-7-4-8-16-14(12)18(17-13)10-5-3-6-11(9-10)19(21)22/h3-9H,2H2,1H3. The fourth-order valence-electron chi connectivity index (χ4n) is 2.22. The molecule has 0 N–H and O–H groups in total. The molecule has 0 atom stereocenters. The van der Waals surface area contributed by atoms with E-state index in [2.05, 4.69) is 10.1 Å². The van der Waals surface area contributed by atoms with Gasteiger partial charge in [-0.1, -0.05) is 6.07 Å². The van der Waals surface area contributed by atoms with Gasteiger partial charge in [0.2, 0.25) is 0 Å². The van der Waals surface area contributed by atoms with Gasteiger partial charge >= 0.3 is 5.97 Å². The average molecular weight is 312 g/mol. The van der Waals surface area contributed by atoms with Crippen LogP contribution in [0.15, 0.2) is 42.6 Å². The number of fused-ring (bicyclic) bond motifs is 1. The summed E-state index contributed by atoms with van der Waals surface area (Å²) in [6.45, 7) is 1.93. The molecule has 2 aromatic heterocycles. The molecule has 1 aromatic carbocycles. The molecular weight excluding hydrogens is 300 g/mol. The first kappa shape index (κ1) is 14.6. The molecular formula is C15H12N4O4. The number of aromatic nitrogens is 3. The lowest BCUT2D eigenvalue weighted by molar-refractivity contribution is -0.384. The monoisotopic (exact) mass is 312 g/mol. The van der Waals surface area contributed by atoms with Crippen LogP contribution in [0.4, 0.5) is 5.69 Å². The van der Waals surface area contributed by atoms with Crippen molar-refractivity contribution >= 4 is 22.7 Å². The zero-order valence-corrected chi connectivity index (χ0v) is 12.2. The van der Waals surface area contributed by atoms with E-state index in [1.165, 1.54) is 16.8 Å². The van der Waals surface area contributed by atoms with Crippen LogP contribution in [0.25, 0.3) is 16.7 Å². The third kappa shape index (κ3) is 2.61. The number of hydrogen-bond donors (Lipinski definition) is 0. The smallest absolute Gasteiger partial charge is 0.359 e. The van der Waals surface area contributed by atoms with E-state index in [1.54, 1.807) is 37.4 Å². The Morgan fingerprint density at radius 1 is 1.35 bits per heavy atom. The lowest BCUT2D eigenvalue weighted by Crippen LogP contribution is -2.07. The van der Waals surface area contributed by atoms with E-state index in [0.29, 0.717) is 16.7 Å². The highest BCUT2D eigenvalue weighted by Gasteiger charge is 2.20. The lowest BCUT2D eigenvalue weighted by atomic mass is 10.2. The minimum absolute atomic E-state index is 0.0697. The Labute approximate surface area is 130 Å². The highest BCUT2D eigenvalue weighted by molar-refractivity contribution is 6.01. The molecule has 0 aliphatic heterocycles. The van der Waals surface area contributed by atoms with Crippen LogP contribution < -0.4 is 0 Å². The molecule has 8 nitrogen and oxygen atoms in total. The van der Waals surface area contributed by atoms with Crippen LogP contribution in [0.5, 0.6) is 0 Å². The maximum absolute atomic E-state index is 12.0. The number of benzene rings is 1. The Morgan fingerprint density at radius 2 is 2.17 bits per heavy atom. The number of pyridine rings is 1. The molecule has 8 heteroatoms. The van der Waals surface area contributed by atoms with Gasteiger partial charge in [0, 0.05) is 18.3 Å². The van der Waals surface area contributed by atoms with E-state index in [4.69, 9.17) is 4.74 Å². The van der Waals surface area contributed by atoms with Gasteiger partial charge in [-0.25, -0.2) is 14.5 Å². The molecule has 0 aliphatic rings. The molecule has 0 bridgehead atoms. The number of nitro benzene ring substituents is 1. The van der Waals surface area contributed by atoms with Crippen LogP contribution in [0.2, 0.25) is 0 Å². The highest BCUT2D eigenvalue weighted by atomic mass is 16.6. The van der Waals surface area contributed by atoms with Crippen LogP contribution in [0, 0.1) is 10.1 Å². The van der Waals surface area contributed by atoms with Gasteiger partial charge in [-0.15, -0.1) is 0 Å². The van der Waals surface area contributed by atoms with Crippen LogP contribution >= 0.6 is 0 Å². The second-order valence-corrected chi connectivity index (χ2v) is 4.63. The lowest BCUT2D eigenvalue weighted by Gasteiger charge is -2.02. The Balaban J connectivity index is 2.20. The number of non-ortho nitro benzene ring substituents is 1. The summed E-state index contributed by atoms with van der Waals surface area (Å²) in [5.41, 5.74) is 0.927. The van der Waals surface area contributed by atoms with Crippen molar-refractivity contribution in [3.8, 4) is 5.69 Å². The van der Waals surface area contributed by atoms with E-state index in [9.17, 15) is 14.9 Å². The van der Waals surface area contributed by atoms with Gasteiger partial charge < -0.3 is 4.74 Å². The summed E-state index contributed by atoms with van der Waals surface area (Å²) in [5.74, 6) is -0.560. The van der Waals surface area contributed by atoms with Gasteiger partial charge in [0.1, 0.15) is 0 Å². The average Bonchev–Trinajstić information content (AvgIpc) is 2.95. The third-order valence-corrected chi connectivity index (χ3v) is 3.20. The number of ether oxygens (including phenoxy) is 1. The van der Waals surface area contributed by atoms with Gasteiger partial charge in [-0.3, -0.25) is 10.1 Å². The minimum atomic E-state index is -0.560. The van der Waals surface area contributed by atoms with Crippen molar-refractivity contribution < 1.29 is 14.5 Å². The van der Waals surface area contributed by atoms with Crippen molar-refractivity contribution in [3.63, 3.8) is 0 Å². The zero-order chi connectivity index (χ0) is 16.4. The van der Waals surface area contributed by atoms with Crippen molar-refractivity contribution in [1.82, 2.24) is 14.8 Å². The number of carbonyl (C=O) groups excluding carboxylic acids is 1. The fraction of sp³-hybridized carbons (Fsp3) is 0.133. The number of nitrogens with zero attached hydrogens (tertiary/aromatic N) is 4. The Morgan fingerprint density at radius 3 is 2.91 bits per heavy atom. The number of hydrogen-bond acceptors (Lipinski definition) is 6. The summed E-state index contributed by atoms with van der Waals surface area (Å²) < 4.78 is 6.39. The molecule has 23 heavy (non-hydrogen) atoms. The summed E-state index contributed by atoms with van der Waals surface area (Å²) >= 11 is 0. The molecule has 0 unspecified atom stereocenters. The molecule has 116 valence electrons. The van der Waals surface area contributed by atoms with Crippen LogP contribution in [0.1, 0.15) is 17.4 Å². The first-order valence-corrected chi connectivity index (χ1v) is 6.87. The third-order valence-electron chi connectivity index (χ3n) is 3.20. The van der Waals surface area contributed by atoms with Crippen molar-refractivity contribution in [2.75, 3.05) is 6.61 Å². The topological polar surface area (TPSA) is 100 Å². The molecule has 0 fully saturated rings. The SMILES string of the molecule is CCOC(=O)c1nn(-c2cccc([N+](=O)[O-])c2)c2ncccc12. The highest BCUT2D eigenvalue weighted by Crippen LogP contribution is 2.23. The summed E-state index contributed by atoms with van der Waals surface area (Å²) in [5, 5.41) is 15.7. The van der Waals surface area contributed by atoms with Crippen LogP contribution in [-0.4, -0.2) is 32.3 Å². The van der Waals surface area contributed by atoms with Gasteiger partial charge in [-0.05, 0) is 25.1 Å². The summed E-state index contributed by atoms with van der Waals surface area (Å²) in [6.07, 6.45) is 1.56. The Kier molecular flexibility index (Phi) is 3.71. The van der Waals surface area contributed by atoms with Gasteiger partial charge in [0.25, 0.3) is 5.69 Å². The normalized spacial score (nSPS) is 10.7. The summed E-state index contributed by atoms with van der Waals surface area (Å²) in [4.78, 5) is 26.7. The molecule has 2 heterocycles. The predicted octanol–water partition coefficient (Wildman–Crippen LogP) is 2.51. The second kappa shape index (κ2) is 5.84. The zero-order valence-electron chi connectivity index (χ0n) is 12.2. The predicted molar refractivity (Wildman–Crippen MR) is 81.5 cm³/mol. The van der Waals surface area contributed by atoms with E-state index in [-0.39, 0.29) is 18.0 Å². The number of rotatable bonds is 4. The van der Waals surface area contributed by atoms with Gasteiger partial charge in [0.05, 0.1) is 22.6 Å². The quantitative estimate of drug-likeness (QED) is 0.417. The van der Waals surface area contributed by atoms with E-state index >= 15 is 0 Å². The van der Waals surface area contributed by atoms with Crippen LogP contribution in [-0.2, 0) is 4.74 Å². The molecule has 3 aromatic rings. The first-order chi connectivity index (χ1) is 11.1. The van der Waals surface area contributed by atoms with Crippen molar-refractivity contribution in [3.05, 3.63) is 58.4 Å². The number of carbonyl (C=O) groups is 1. The van der Waals surface area contributed by atoms with E-state index in [0.717, 1.165) is 0 Å². The minimum Gasteiger partial charge on any atom is -0.461 e. The maximum atomic E-state index is 12.0. The first-order valence-electron chi connectivity index (χ1n) is 6.87. The molecule has 3 rings (SSSR count). The van der Waals surface area contributed by atoms with Crippen molar-refractivity contribution in [2.45, 2.75) is 6.92 Å². The van der Waals surface area contributed by atoms with Crippen molar-refractivity contribution in [2.24, 2.45) is 0 Å². The molecule has 0 saturated heterocycles.